The van der Waals surface area contributed by atoms with Crippen LogP contribution in [0.15, 0.2) is 52.9 Å². The lowest BCUT2D eigenvalue weighted by Crippen LogP contribution is -2.25. The normalized spacial score (nSPS) is 14.0. The lowest BCUT2D eigenvalue weighted by atomic mass is 10.2. The molecule has 3 rings (SSSR count). The molecular weight excluding hydrogens is 308 g/mol. The van der Waals surface area contributed by atoms with E-state index in [4.69, 9.17) is 9.47 Å². The van der Waals surface area contributed by atoms with E-state index in [0.717, 1.165) is 6.42 Å². The standard InChI is InChI=1S/C17H18N4O3/c1-2-23-14-8-3-4-9-15(14)24-17-13(7-5-10-18-17)16(20-22)21-12-6-11-19-21/h3-5,7-11,22H,2,6,12H2,1H3/b20-16-. The van der Waals surface area contributed by atoms with Crippen LogP contribution in [0.2, 0.25) is 0 Å². The van der Waals surface area contributed by atoms with Gasteiger partial charge in [0, 0.05) is 25.4 Å². The smallest absolute Gasteiger partial charge is 0.230 e. The summed E-state index contributed by atoms with van der Waals surface area (Å²) >= 11 is 0. The van der Waals surface area contributed by atoms with E-state index in [9.17, 15) is 5.21 Å². The fourth-order valence-electron chi connectivity index (χ4n) is 2.35. The van der Waals surface area contributed by atoms with Crippen molar-refractivity contribution >= 4 is 12.1 Å². The molecule has 0 saturated heterocycles. The summed E-state index contributed by atoms with van der Waals surface area (Å²) in [6, 6.07) is 10.9. The molecule has 0 spiro atoms. The van der Waals surface area contributed by atoms with E-state index < -0.39 is 0 Å². The first kappa shape index (κ1) is 15.8. The molecule has 0 amide bonds. The Balaban J connectivity index is 1.94. The third kappa shape index (κ3) is 3.29. The Morgan fingerprint density at radius 1 is 1.25 bits per heavy atom. The molecule has 24 heavy (non-hydrogen) atoms. The lowest BCUT2D eigenvalue weighted by Gasteiger charge is -2.17. The molecule has 7 heteroatoms. The first-order chi connectivity index (χ1) is 11.8. The number of amidine groups is 1. The molecule has 0 fully saturated rings. The van der Waals surface area contributed by atoms with Crippen LogP contribution in [0.25, 0.3) is 0 Å². The van der Waals surface area contributed by atoms with Crippen molar-refractivity contribution in [3.8, 4) is 17.4 Å². The Morgan fingerprint density at radius 3 is 2.79 bits per heavy atom. The average Bonchev–Trinajstić information content (AvgIpc) is 3.13. The minimum absolute atomic E-state index is 0.292. The summed E-state index contributed by atoms with van der Waals surface area (Å²) in [5.41, 5.74) is 0.547. The maximum atomic E-state index is 9.43. The highest BCUT2D eigenvalue weighted by Crippen LogP contribution is 2.32. The van der Waals surface area contributed by atoms with E-state index in [0.29, 0.717) is 41.9 Å². The molecular formula is C17H18N4O3. The van der Waals surface area contributed by atoms with Crippen molar-refractivity contribution in [1.82, 2.24) is 9.99 Å². The minimum atomic E-state index is 0.292. The molecule has 0 bridgehead atoms. The number of rotatable bonds is 5. The molecule has 7 nitrogen and oxygen atoms in total. The third-order valence-electron chi connectivity index (χ3n) is 3.40. The summed E-state index contributed by atoms with van der Waals surface area (Å²) in [6.45, 7) is 3.08. The number of para-hydroxylation sites is 2. The second-order valence-corrected chi connectivity index (χ2v) is 4.97. The second kappa shape index (κ2) is 7.45. The number of oxime groups is 1. The molecule has 0 atom stereocenters. The van der Waals surface area contributed by atoms with Crippen LogP contribution in [-0.2, 0) is 0 Å². The van der Waals surface area contributed by atoms with Gasteiger partial charge < -0.3 is 14.7 Å². The van der Waals surface area contributed by atoms with E-state index in [2.05, 4.69) is 15.2 Å². The van der Waals surface area contributed by atoms with Crippen LogP contribution in [0.1, 0.15) is 18.9 Å². The maximum Gasteiger partial charge on any atom is 0.230 e. The molecule has 1 aliphatic rings. The van der Waals surface area contributed by atoms with Crippen molar-refractivity contribution in [2.24, 2.45) is 10.3 Å². The summed E-state index contributed by atoms with van der Waals surface area (Å²) in [4.78, 5) is 4.27. The highest BCUT2D eigenvalue weighted by Gasteiger charge is 2.21. The summed E-state index contributed by atoms with van der Waals surface area (Å²) in [5, 5.41) is 18.6. The van der Waals surface area contributed by atoms with Crippen molar-refractivity contribution in [2.45, 2.75) is 13.3 Å². The highest BCUT2D eigenvalue weighted by molar-refractivity contribution is 6.01. The van der Waals surface area contributed by atoms with Gasteiger partial charge in [-0.05, 0) is 31.2 Å². The van der Waals surface area contributed by atoms with Crippen molar-refractivity contribution in [1.29, 1.82) is 0 Å². The lowest BCUT2D eigenvalue weighted by molar-refractivity contribution is 0.304. The van der Waals surface area contributed by atoms with Crippen molar-refractivity contribution < 1.29 is 14.7 Å². The number of nitrogens with zero attached hydrogens (tertiary/aromatic N) is 4. The van der Waals surface area contributed by atoms with Gasteiger partial charge in [-0.25, -0.2) is 9.99 Å². The largest absolute Gasteiger partial charge is 0.490 e. The predicted octanol–water partition coefficient (Wildman–Crippen LogP) is 3.10. The molecule has 124 valence electrons. The van der Waals surface area contributed by atoms with Crippen LogP contribution in [0, 0.1) is 0 Å². The molecule has 0 unspecified atom stereocenters. The van der Waals surface area contributed by atoms with Gasteiger partial charge >= 0.3 is 0 Å². The maximum absolute atomic E-state index is 9.43. The van der Waals surface area contributed by atoms with Gasteiger partial charge in [0.25, 0.3) is 0 Å². The Bertz CT molecular complexity index is 761. The van der Waals surface area contributed by atoms with E-state index in [1.807, 2.05) is 25.1 Å². The number of aromatic nitrogens is 1. The van der Waals surface area contributed by atoms with Gasteiger partial charge in [0.05, 0.1) is 12.2 Å². The summed E-state index contributed by atoms with van der Waals surface area (Å²) in [7, 11) is 0. The Labute approximate surface area is 139 Å². The van der Waals surface area contributed by atoms with Crippen LogP contribution in [0.4, 0.5) is 0 Å². The molecule has 1 aliphatic heterocycles. The predicted molar refractivity (Wildman–Crippen MR) is 90.1 cm³/mol. The number of benzene rings is 1. The van der Waals surface area contributed by atoms with Crippen LogP contribution >= 0.6 is 0 Å². The van der Waals surface area contributed by atoms with Crippen molar-refractivity contribution in [2.75, 3.05) is 13.2 Å². The first-order valence-corrected chi connectivity index (χ1v) is 7.70. The molecule has 0 saturated carbocycles. The second-order valence-electron chi connectivity index (χ2n) is 4.97. The number of hydrogen-bond donors (Lipinski definition) is 1. The van der Waals surface area contributed by atoms with Gasteiger partial charge in [-0.1, -0.05) is 17.3 Å². The Morgan fingerprint density at radius 2 is 2.08 bits per heavy atom. The van der Waals surface area contributed by atoms with Gasteiger partial charge in [-0.15, -0.1) is 0 Å². The van der Waals surface area contributed by atoms with Crippen molar-refractivity contribution in [3.63, 3.8) is 0 Å². The molecule has 1 N–H and O–H groups in total. The zero-order valence-corrected chi connectivity index (χ0v) is 13.3. The molecule has 0 aliphatic carbocycles. The van der Waals surface area contributed by atoms with Gasteiger partial charge in [-0.2, -0.15) is 5.10 Å². The average molecular weight is 326 g/mol. The summed E-state index contributed by atoms with van der Waals surface area (Å²) < 4.78 is 11.5. The zero-order valence-electron chi connectivity index (χ0n) is 13.3. The van der Waals surface area contributed by atoms with E-state index in [-0.39, 0.29) is 0 Å². The number of ether oxygens (including phenoxy) is 2. The Hall–Kier alpha value is -3.09. The molecule has 2 heterocycles. The number of hydrazone groups is 1. The first-order valence-electron chi connectivity index (χ1n) is 7.70. The number of pyridine rings is 1. The van der Waals surface area contributed by atoms with Crippen LogP contribution in [0.3, 0.4) is 0 Å². The van der Waals surface area contributed by atoms with Crippen LogP contribution in [-0.4, -0.2) is 40.4 Å². The molecule has 1 aromatic carbocycles. The fourth-order valence-corrected chi connectivity index (χ4v) is 2.35. The summed E-state index contributed by atoms with van der Waals surface area (Å²) in [5.74, 6) is 1.78. The SMILES string of the molecule is CCOc1ccccc1Oc1ncccc1/C(=N/O)N1CCC=N1. The molecule has 1 aromatic heterocycles. The zero-order chi connectivity index (χ0) is 16.8. The van der Waals surface area contributed by atoms with Crippen molar-refractivity contribution in [3.05, 3.63) is 48.2 Å². The topological polar surface area (TPSA) is 79.5 Å². The highest BCUT2D eigenvalue weighted by atomic mass is 16.5. The van der Waals surface area contributed by atoms with E-state index >= 15 is 0 Å². The van der Waals surface area contributed by atoms with Gasteiger partial charge in [-0.3, -0.25) is 0 Å². The summed E-state index contributed by atoms with van der Waals surface area (Å²) in [6.07, 6.45) is 4.18. The van der Waals surface area contributed by atoms with Gasteiger partial charge in [0.15, 0.2) is 11.5 Å². The molecule has 0 radical (unpaired) electrons. The number of hydrogen-bond acceptors (Lipinski definition) is 6. The Kier molecular flexibility index (Phi) is 4.90. The van der Waals surface area contributed by atoms with E-state index in [1.54, 1.807) is 35.6 Å². The monoisotopic (exact) mass is 326 g/mol. The van der Waals surface area contributed by atoms with E-state index in [1.165, 1.54) is 0 Å². The van der Waals surface area contributed by atoms with Gasteiger partial charge in [0.1, 0.15) is 0 Å². The van der Waals surface area contributed by atoms with Crippen LogP contribution < -0.4 is 9.47 Å². The molecule has 2 aromatic rings. The fraction of sp³-hybridized carbons (Fsp3) is 0.235. The third-order valence-corrected chi connectivity index (χ3v) is 3.40. The van der Waals surface area contributed by atoms with Gasteiger partial charge in [0.2, 0.25) is 11.7 Å². The van der Waals surface area contributed by atoms with Crippen LogP contribution in [0.5, 0.6) is 17.4 Å². The quantitative estimate of drug-likeness (QED) is 0.395. The minimum Gasteiger partial charge on any atom is -0.490 e.